The number of amides is 1. The second kappa shape index (κ2) is 12.4. The summed E-state index contributed by atoms with van der Waals surface area (Å²) in [5.41, 5.74) is 5.59. The van der Waals surface area contributed by atoms with E-state index >= 15 is 4.39 Å². The van der Waals surface area contributed by atoms with Gasteiger partial charge in [0.15, 0.2) is 5.82 Å². The summed E-state index contributed by atoms with van der Waals surface area (Å²) < 4.78 is 30.1. The summed E-state index contributed by atoms with van der Waals surface area (Å²) in [6.07, 6.45) is 4.75. The SMILES string of the molecule is CN(C)CCNc1cc(F)cc(-c2nccc3[nH]c(-c4n[nH]c5c(F)cc(-c6cncc(NC(=O)c7ccccc7)c6)cc45)nc23)c1. The van der Waals surface area contributed by atoms with Gasteiger partial charge in [0.05, 0.1) is 23.1 Å². The normalized spacial score (nSPS) is 11.4. The Hall–Kier alpha value is -6.01. The van der Waals surface area contributed by atoms with Gasteiger partial charge in [-0.2, -0.15) is 5.10 Å². The number of fused-ring (bicyclic) bond motifs is 2. The number of rotatable bonds is 9. The summed E-state index contributed by atoms with van der Waals surface area (Å²) in [6.45, 7) is 1.43. The van der Waals surface area contributed by atoms with Gasteiger partial charge in [0.1, 0.15) is 28.4 Å². The Labute approximate surface area is 267 Å². The number of halogens is 2. The van der Waals surface area contributed by atoms with Crippen molar-refractivity contribution in [3.63, 3.8) is 0 Å². The number of hydrogen-bond donors (Lipinski definition) is 4. The third kappa shape index (κ3) is 6.14. The third-order valence-electron chi connectivity index (χ3n) is 7.67. The molecule has 0 fully saturated rings. The van der Waals surface area contributed by atoms with Crippen LogP contribution >= 0.6 is 0 Å². The van der Waals surface area contributed by atoms with E-state index in [4.69, 9.17) is 4.98 Å². The quantitative estimate of drug-likeness (QED) is 0.139. The van der Waals surface area contributed by atoms with Crippen LogP contribution < -0.4 is 10.6 Å². The van der Waals surface area contributed by atoms with E-state index in [1.54, 1.807) is 54.9 Å². The van der Waals surface area contributed by atoms with E-state index in [0.717, 1.165) is 6.54 Å². The minimum atomic E-state index is -0.512. The molecule has 7 rings (SSSR count). The van der Waals surface area contributed by atoms with Gasteiger partial charge in [-0.15, -0.1) is 0 Å². The van der Waals surface area contributed by atoms with Crippen molar-refractivity contribution in [2.24, 2.45) is 0 Å². The molecule has 0 aliphatic rings. The number of benzene rings is 3. The molecule has 10 nitrogen and oxygen atoms in total. The van der Waals surface area contributed by atoms with Crippen LogP contribution in [0.3, 0.4) is 0 Å². The van der Waals surface area contributed by atoms with Gasteiger partial charge in [-0.25, -0.2) is 13.8 Å². The fraction of sp³-hybridized carbons (Fsp3) is 0.114. The summed E-state index contributed by atoms with van der Waals surface area (Å²) in [5, 5.41) is 13.8. The van der Waals surface area contributed by atoms with Crippen LogP contribution in [0.25, 0.3) is 55.8 Å². The number of imidazole rings is 1. The van der Waals surface area contributed by atoms with Crippen LogP contribution in [-0.4, -0.2) is 68.1 Å². The van der Waals surface area contributed by atoms with Gasteiger partial charge in [0.25, 0.3) is 5.91 Å². The first-order chi connectivity index (χ1) is 22.8. The second-order valence-electron chi connectivity index (χ2n) is 11.3. The van der Waals surface area contributed by atoms with Crippen molar-refractivity contribution in [2.45, 2.75) is 0 Å². The van der Waals surface area contributed by atoms with Crippen molar-refractivity contribution in [2.75, 3.05) is 37.8 Å². The highest BCUT2D eigenvalue weighted by atomic mass is 19.1. The molecular weight excluding hydrogens is 600 g/mol. The predicted molar refractivity (Wildman–Crippen MR) is 179 cm³/mol. The molecule has 4 N–H and O–H groups in total. The molecular formula is C35H29F2N9O. The smallest absolute Gasteiger partial charge is 0.255 e. The van der Waals surface area contributed by atoms with E-state index in [-0.39, 0.29) is 11.4 Å². The highest BCUT2D eigenvalue weighted by Gasteiger charge is 2.19. The lowest BCUT2D eigenvalue weighted by Crippen LogP contribution is -2.20. The molecule has 47 heavy (non-hydrogen) atoms. The maximum Gasteiger partial charge on any atom is 0.255 e. The molecule has 0 saturated carbocycles. The van der Waals surface area contributed by atoms with Crippen LogP contribution in [0.2, 0.25) is 0 Å². The summed E-state index contributed by atoms with van der Waals surface area (Å²) in [5.74, 6) is -0.803. The van der Waals surface area contributed by atoms with Gasteiger partial charge >= 0.3 is 0 Å². The number of hydrogen-bond acceptors (Lipinski definition) is 7. The van der Waals surface area contributed by atoms with Crippen molar-refractivity contribution in [3.05, 3.63) is 109 Å². The third-order valence-corrected chi connectivity index (χ3v) is 7.67. The number of nitrogens with zero attached hydrogens (tertiary/aromatic N) is 5. The summed E-state index contributed by atoms with van der Waals surface area (Å²) in [7, 11) is 3.94. The molecule has 4 heterocycles. The monoisotopic (exact) mass is 629 g/mol. The topological polar surface area (TPSA) is 128 Å². The molecule has 234 valence electrons. The molecule has 12 heteroatoms. The molecule has 0 aliphatic heterocycles. The van der Waals surface area contributed by atoms with Crippen LogP contribution in [0.15, 0.2) is 91.4 Å². The minimum Gasteiger partial charge on any atom is -0.384 e. The van der Waals surface area contributed by atoms with Gasteiger partial charge < -0.3 is 20.5 Å². The number of aromatic amines is 2. The van der Waals surface area contributed by atoms with E-state index in [9.17, 15) is 9.18 Å². The number of pyridine rings is 2. The van der Waals surface area contributed by atoms with Gasteiger partial charge in [0.2, 0.25) is 0 Å². The molecule has 4 aromatic heterocycles. The lowest BCUT2D eigenvalue weighted by molar-refractivity contribution is 0.102. The second-order valence-corrected chi connectivity index (χ2v) is 11.3. The van der Waals surface area contributed by atoms with E-state index < -0.39 is 11.6 Å². The standard InChI is InChI=1S/C35H29F2N9O/c1-46(2)11-10-39-25-13-22(12-24(36)17-25)30-33-29(8-9-40-30)42-34(43-33)32-27-15-21(16-28(37)31(27)44-45-32)23-14-26(19-38-18-23)41-35(47)20-6-4-3-5-7-20/h3-9,12-19,39H,10-11H2,1-2H3,(H,41,47)(H,42,43)(H,44,45). The van der Waals surface area contributed by atoms with Crippen molar-refractivity contribution in [1.29, 1.82) is 0 Å². The van der Waals surface area contributed by atoms with Crippen LogP contribution in [0, 0.1) is 11.6 Å². The molecule has 0 aliphatic carbocycles. The molecule has 0 unspecified atom stereocenters. The zero-order chi connectivity index (χ0) is 32.5. The molecule has 0 bridgehead atoms. The van der Waals surface area contributed by atoms with Gasteiger partial charge in [-0.05, 0) is 74.3 Å². The van der Waals surface area contributed by atoms with Crippen molar-refractivity contribution >= 4 is 39.2 Å². The molecule has 3 aromatic carbocycles. The Kier molecular flexibility index (Phi) is 7.84. The van der Waals surface area contributed by atoms with Crippen LogP contribution in [-0.2, 0) is 0 Å². The highest BCUT2D eigenvalue weighted by molar-refractivity contribution is 6.04. The summed E-state index contributed by atoms with van der Waals surface area (Å²) in [4.78, 5) is 31.6. The number of likely N-dealkylation sites (N-methyl/N-ethyl adjacent to an activating group) is 1. The van der Waals surface area contributed by atoms with Gasteiger partial charge in [0, 0.05) is 53.2 Å². The van der Waals surface area contributed by atoms with Gasteiger partial charge in [-0.1, -0.05) is 18.2 Å². The Morgan fingerprint density at radius 3 is 2.55 bits per heavy atom. The average molecular weight is 630 g/mol. The van der Waals surface area contributed by atoms with Gasteiger partial charge in [-0.3, -0.25) is 19.9 Å². The lowest BCUT2D eigenvalue weighted by atomic mass is 10.0. The Morgan fingerprint density at radius 1 is 0.894 bits per heavy atom. The largest absolute Gasteiger partial charge is 0.384 e. The van der Waals surface area contributed by atoms with E-state index in [2.05, 4.69) is 35.8 Å². The van der Waals surface area contributed by atoms with E-state index in [0.29, 0.717) is 73.8 Å². The first-order valence-electron chi connectivity index (χ1n) is 14.9. The average Bonchev–Trinajstić information content (AvgIpc) is 3.69. The predicted octanol–water partition coefficient (Wildman–Crippen LogP) is 6.73. The lowest BCUT2D eigenvalue weighted by Gasteiger charge is -2.12. The molecule has 0 spiro atoms. The first-order valence-corrected chi connectivity index (χ1v) is 14.9. The summed E-state index contributed by atoms with van der Waals surface area (Å²) in [6, 6.07) is 20.2. The Balaban J connectivity index is 1.23. The maximum absolute atomic E-state index is 15.4. The zero-order valence-electron chi connectivity index (χ0n) is 25.5. The number of aromatic nitrogens is 6. The van der Waals surface area contributed by atoms with E-state index in [1.807, 2.05) is 31.1 Å². The van der Waals surface area contributed by atoms with Crippen molar-refractivity contribution in [3.8, 4) is 33.9 Å². The van der Waals surface area contributed by atoms with Crippen LogP contribution in [0.5, 0.6) is 0 Å². The number of nitrogens with one attached hydrogen (secondary N) is 4. The Bertz CT molecular complexity index is 2250. The number of anilines is 2. The van der Waals surface area contributed by atoms with Crippen molar-refractivity contribution < 1.29 is 13.6 Å². The molecule has 7 aromatic rings. The first kappa shape index (κ1) is 29.7. The molecule has 0 saturated heterocycles. The zero-order valence-corrected chi connectivity index (χ0v) is 25.5. The van der Waals surface area contributed by atoms with Crippen LogP contribution in [0.1, 0.15) is 10.4 Å². The van der Waals surface area contributed by atoms with E-state index in [1.165, 1.54) is 24.4 Å². The summed E-state index contributed by atoms with van der Waals surface area (Å²) >= 11 is 0. The maximum atomic E-state index is 15.4. The fourth-order valence-electron chi connectivity index (χ4n) is 5.40. The minimum absolute atomic E-state index is 0.211. The Morgan fingerprint density at radius 2 is 1.72 bits per heavy atom. The number of carbonyl (C=O) groups excluding carboxylic acids is 1. The van der Waals surface area contributed by atoms with Crippen molar-refractivity contribution in [1.82, 2.24) is 35.0 Å². The molecule has 0 radical (unpaired) electrons. The highest BCUT2D eigenvalue weighted by Crippen LogP contribution is 2.34. The van der Waals surface area contributed by atoms with Crippen LogP contribution in [0.4, 0.5) is 20.2 Å². The fourth-order valence-corrected chi connectivity index (χ4v) is 5.40. The molecule has 1 amide bonds. The number of carbonyl (C=O) groups is 1. The number of H-pyrrole nitrogens is 2. The molecule has 0 atom stereocenters.